The predicted octanol–water partition coefficient (Wildman–Crippen LogP) is 5.62. The van der Waals surface area contributed by atoms with Crippen molar-refractivity contribution in [2.75, 3.05) is 4.90 Å². The van der Waals surface area contributed by atoms with Gasteiger partial charge in [-0.2, -0.15) is 0 Å². The fraction of sp³-hybridized carbons (Fsp3) is 0.0741. The molecule has 3 aromatic carbocycles. The minimum Gasteiger partial charge on any atom is -0.455 e. The molecule has 0 unspecified atom stereocenters. The number of nitrogens with zero attached hydrogens (tertiary/aromatic N) is 2. The largest absolute Gasteiger partial charge is 0.455 e. The fourth-order valence-electron chi connectivity index (χ4n) is 3.78. The molecule has 7 heteroatoms. The van der Waals surface area contributed by atoms with E-state index >= 15 is 0 Å². The number of anilines is 1. The third kappa shape index (κ3) is 4.49. The first-order valence-corrected chi connectivity index (χ1v) is 11.1. The molecule has 1 aliphatic heterocycles. The second-order valence-electron chi connectivity index (χ2n) is 7.83. The monoisotopic (exact) mass is 469 g/mol. The van der Waals surface area contributed by atoms with Gasteiger partial charge in [-0.25, -0.2) is 0 Å². The number of hydrogen-bond acceptors (Lipinski definition) is 4. The van der Waals surface area contributed by atoms with Gasteiger partial charge in [0.15, 0.2) is 5.75 Å². The molecule has 34 heavy (non-hydrogen) atoms. The lowest BCUT2D eigenvalue weighted by Gasteiger charge is -2.22. The summed E-state index contributed by atoms with van der Waals surface area (Å²) in [6, 6.07) is 23.1. The van der Waals surface area contributed by atoms with E-state index in [0.29, 0.717) is 46.4 Å². The zero-order valence-electron chi connectivity index (χ0n) is 18.1. The normalized spacial score (nSPS) is 12.1. The van der Waals surface area contributed by atoms with Crippen LogP contribution in [0.4, 0.5) is 5.69 Å². The zero-order valence-corrected chi connectivity index (χ0v) is 18.8. The lowest BCUT2D eigenvalue weighted by atomic mass is 10.1. The first-order valence-electron chi connectivity index (χ1n) is 10.7. The van der Waals surface area contributed by atoms with E-state index in [4.69, 9.17) is 16.3 Å². The Bertz CT molecular complexity index is 1360. The Morgan fingerprint density at radius 3 is 2.44 bits per heavy atom. The van der Waals surface area contributed by atoms with Crippen LogP contribution in [0.15, 0.2) is 91.3 Å². The highest BCUT2D eigenvalue weighted by molar-refractivity contribution is 6.31. The molecular weight excluding hydrogens is 450 g/mol. The van der Waals surface area contributed by atoms with Gasteiger partial charge < -0.3 is 15.0 Å². The average molecular weight is 470 g/mol. The first kappa shape index (κ1) is 21.7. The van der Waals surface area contributed by atoms with Gasteiger partial charge in [0.2, 0.25) is 0 Å². The van der Waals surface area contributed by atoms with Crippen LogP contribution in [0.5, 0.6) is 11.5 Å². The van der Waals surface area contributed by atoms with Gasteiger partial charge in [0.05, 0.1) is 12.2 Å². The molecular formula is C27H20ClN3O3. The van der Waals surface area contributed by atoms with Crippen molar-refractivity contribution in [3.8, 4) is 11.5 Å². The number of fused-ring (bicyclic) bond motifs is 2. The van der Waals surface area contributed by atoms with Gasteiger partial charge in [0.1, 0.15) is 5.75 Å². The molecule has 4 aromatic rings. The summed E-state index contributed by atoms with van der Waals surface area (Å²) in [6.07, 6.45) is 3.36. The Labute approximate surface area is 201 Å². The van der Waals surface area contributed by atoms with Crippen LogP contribution in [0.1, 0.15) is 31.8 Å². The van der Waals surface area contributed by atoms with E-state index in [1.165, 1.54) is 0 Å². The van der Waals surface area contributed by atoms with Crippen LogP contribution in [-0.4, -0.2) is 16.8 Å². The first-order chi connectivity index (χ1) is 16.6. The van der Waals surface area contributed by atoms with Gasteiger partial charge in [0, 0.05) is 40.7 Å². The number of amides is 2. The topological polar surface area (TPSA) is 71.5 Å². The Hall–Kier alpha value is -4.16. The molecule has 0 spiro atoms. The molecule has 0 saturated carbocycles. The minimum atomic E-state index is -0.218. The van der Waals surface area contributed by atoms with Crippen LogP contribution in [0, 0.1) is 0 Å². The van der Waals surface area contributed by atoms with Gasteiger partial charge in [-0.15, -0.1) is 0 Å². The maximum Gasteiger partial charge on any atom is 0.258 e. The zero-order chi connectivity index (χ0) is 23.5. The molecule has 0 fully saturated rings. The maximum atomic E-state index is 13.5. The molecule has 1 aromatic heterocycles. The van der Waals surface area contributed by atoms with E-state index in [2.05, 4.69) is 10.3 Å². The number of pyridine rings is 1. The predicted molar refractivity (Wildman–Crippen MR) is 130 cm³/mol. The van der Waals surface area contributed by atoms with Crippen LogP contribution >= 0.6 is 11.6 Å². The maximum absolute atomic E-state index is 13.5. The summed E-state index contributed by atoms with van der Waals surface area (Å²) in [4.78, 5) is 31.7. The molecule has 1 N–H and O–H groups in total. The molecule has 0 radical (unpaired) electrons. The number of rotatable bonds is 4. The van der Waals surface area contributed by atoms with Crippen LogP contribution in [-0.2, 0) is 13.1 Å². The molecule has 1 aliphatic rings. The summed E-state index contributed by atoms with van der Waals surface area (Å²) in [5.74, 6) is 0.815. The highest BCUT2D eigenvalue weighted by Gasteiger charge is 2.26. The van der Waals surface area contributed by atoms with E-state index in [-0.39, 0.29) is 11.8 Å². The third-order valence-corrected chi connectivity index (χ3v) is 5.81. The minimum absolute atomic E-state index is 0.215. The summed E-state index contributed by atoms with van der Waals surface area (Å²) >= 11 is 6.25. The van der Waals surface area contributed by atoms with Crippen molar-refractivity contribution in [2.24, 2.45) is 0 Å². The number of aromatic nitrogens is 1. The van der Waals surface area contributed by atoms with Crippen molar-refractivity contribution >= 4 is 29.1 Å². The van der Waals surface area contributed by atoms with Crippen LogP contribution in [0.25, 0.3) is 0 Å². The molecule has 168 valence electrons. The quantitative estimate of drug-likeness (QED) is 0.421. The van der Waals surface area contributed by atoms with Crippen molar-refractivity contribution in [1.29, 1.82) is 0 Å². The van der Waals surface area contributed by atoms with Gasteiger partial charge in [-0.1, -0.05) is 29.8 Å². The lowest BCUT2D eigenvalue weighted by Crippen LogP contribution is -2.30. The number of halogens is 1. The van der Waals surface area contributed by atoms with Crippen molar-refractivity contribution in [1.82, 2.24) is 10.3 Å². The number of ether oxygens (including phenoxy) is 1. The second kappa shape index (κ2) is 9.37. The number of para-hydroxylation sites is 1. The molecule has 0 bridgehead atoms. The molecule has 2 heterocycles. The van der Waals surface area contributed by atoms with E-state index in [9.17, 15) is 9.59 Å². The summed E-state index contributed by atoms with van der Waals surface area (Å²) in [6.45, 7) is 0.725. The van der Waals surface area contributed by atoms with E-state index in [0.717, 1.165) is 11.1 Å². The highest BCUT2D eigenvalue weighted by Crippen LogP contribution is 2.40. The summed E-state index contributed by atoms with van der Waals surface area (Å²) in [7, 11) is 0. The van der Waals surface area contributed by atoms with E-state index < -0.39 is 0 Å². The van der Waals surface area contributed by atoms with Gasteiger partial charge >= 0.3 is 0 Å². The SMILES string of the molecule is O=C(NCc1ccncc1)c1ccc(C(=O)N2Cc3ccccc3Oc3ccc(Cl)cc32)cc1. The second-order valence-corrected chi connectivity index (χ2v) is 8.27. The Kier molecular flexibility index (Phi) is 5.97. The number of hydrogen-bond donors (Lipinski definition) is 1. The Morgan fingerprint density at radius 2 is 1.65 bits per heavy atom. The van der Waals surface area contributed by atoms with Gasteiger partial charge in [-0.05, 0) is 66.2 Å². The van der Waals surface area contributed by atoms with E-state index in [1.54, 1.807) is 59.8 Å². The lowest BCUT2D eigenvalue weighted by molar-refractivity contribution is 0.0947. The van der Waals surface area contributed by atoms with Crippen LogP contribution < -0.4 is 15.0 Å². The summed E-state index contributed by atoms with van der Waals surface area (Å²) in [5, 5.41) is 3.38. The number of nitrogens with one attached hydrogen (secondary N) is 1. The summed E-state index contributed by atoms with van der Waals surface area (Å²) < 4.78 is 6.08. The smallest absolute Gasteiger partial charge is 0.258 e. The van der Waals surface area contributed by atoms with Gasteiger partial charge in [-0.3, -0.25) is 14.6 Å². The van der Waals surface area contributed by atoms with Crippen molar-refractivity contribution in [3.05, 3.63) is 119 Å². The van der Waals surface area contributed by atoms with Crippen LogP contribution in [0.2, 0.25) is 5.02 Å². The Morgan fingerprint density at radius 1 is 0.912 bits per heavy atom. The van der Waals surface area contributed by atoms with Crippen molar-refractivity contribution in [2.45, 2.75) is 13.1 Å². The standard InChI is InChI=1S/C27H20ClN3O3/c28-22-9-10-25-23(15-22)31(17-21-3-1-2-4-24(21)34-25)27(33)20-7-5-19(6-8-20)26(32)30-16-18-11-13-29-14-12-18/h1-15H,16-17H2,(H,30,32). The third-order valence-electron chi connectivity index (χ3n) is 5.57. The fourth-order valence-corrected chi connectivity index (χ4v) is 3.95. The Balaban J connectivity index is 1.38. The average Bonchev–Trinajstić information content (AvgIpc) is 3.04. The van der Waals surface area contributed by atoms with Crippen molar-refractivity contribution < 1.29 is 14.3 Å². The van der Waals surface area contributed by atoms with E-state index in [1.807, 2.05) is 36.4 Å². The number of benzene rings is 3. The van der Waals surface area contributed by atoms with Crippen molar-refractivity contribution in [3.63, 3.8) is 0 Å². The van der Waals surface area contributed by atoms with Gasteiger partial charge in [0.25, 0.3) is 11.8 Å². The molecule has 0 saturated heterocycles. The molecule has 6 nitrogen and oxygen atoms in total. The van der Waals surface area contributed by atoms with Crippen LogP contribution in [0.3, 0.4) is 0 Å². The molecule has 5 rings (SSSR count). The molecule has 0 aliphatic carbocycles. The molecule has 0 atom stereocenters. The highest BCUT2D eigenvalue weighted by atomic mass is 35.5. The summed E-state index contributed by atoms with van der Waals surface area (Å²) in [5.41, 5.74) is 3.36. The number of carbonyl (C=O) groups excluding carboxylic acids is 2. The molecule has 2 amide bonds. The number of carbonyl (C=O) groups is 2.